The Kier molecular flexibility index (Phi) is 4.45. The summed E-state index contributed by atoms with van der Waals surface area (Å²) in [5, 5.41) is 0. The van der Waals surface area contributed by atoms with Crippen molar-refractivity contribution >= 4 is 25.5 Å². The predicted molar refractivity (Wildman–Crippen MR) is 81.5 cm³/mol. The molecule has 9 heteroatoms. The minimum Gasteiger partial charge on any atom is -0.269 e. The van der Waals surface area contributed by atoms with E-state index in [4.69, 9.17) is 0 Å². The summed E-state index contributed by atoms with van der Waals surface area (Å²) in [6.45, 7) is 0. The summed E-state index contributed by atoms with van der Waals surface area (Å²) in [6, 6.07) is 7.67. The fraction of sp³-hybridized carbons (Fsp3) is 0.143. The highest BCUT2D eigenvalue weighted by molar-refractivity contribution is 7.95. The van der Waals surface area contributed by atoms with Crippen LogP contribution >= 0.6 is 0 Å². The first-order valence-electron chi connectivity index (χ1n) is 6.28. The van der Waals surface area contributed by atoms with Crippen molar-refractivity contribution < 1.29 is 25.6 Å². The van der Waals surface area contributed by atoms with Gasteiger partial charge in [-0.2, -0.15) is 0 Å². The number of hydrogen-bond donors (Lipinski definition) is 0. The Hall–Kier alpha value is -2.00. The van der Waals surface area contributed by atoms with Gasteiger partial charge in [-0.15, -0.1) is 0 Å². The van der Waals surface area contributed by atoms with Crippen LogP contribution in [-0.2, 0) is 19.9 Å². The summed E-state index contributed by atoms with van der Waals surface area (Å²) in [4.78, 5) is -0.802. The van der Waals surface area contributed by atoms with Crippen molar-refractivity contribution in [2.75, 3.05) is 17.6 Å². The summed E-state index contributed by atoms with van der Waals surface area (Å²) in [6.07, 6.45) is 0.888. The van der Waals surface area contributed by atoms with Crippen LogP contribution in [0.15, 0.2) is 52.3 Å². The molecule has 0 aliphatic heterocycles. The van der Waals surface area contributed by atoms with Gasteiger partial charge in [-0.05, 0) is 24.3 Å². The van der Waals surface area contributed by atoms with Crippen LogP contribution < -0.4 is 4.31 Å². The zero-order chi connectivity index (χ0) is 17.4. The molecule has 0 N–H and O–H groups in total. The maximum absolute atomic E-state index is 13.3. The first-order valence-corrected chi connectivity index (χ1v) is 9.61. The Labute approximate surface area is 133 Å². The molecule has 23 heavy (non-hydrogen) atoms. The average molecular weight is 361 g/mol. The molecule has 0 saturated heterocycles. The van der Waals surface area contributed by atoms with Crippen LogP contribution in [0, 0.1) is 11.6 Å². The number of anilines is 1. The molecular formula is C14H13F2NO4S2. The van der Waals surface area contributed by atoms with Gasteiger partial charge in [0.05, 0.1) is 10.6 Å². The van der Waals surface area contributed by atoms with Gasteiger partial charge in [-0.3, -0.25) is 4.31 Å². The second-order valence-electron chi connectivity index (χ2n) is 4.79. The van der Waals surface area contributed by atoms with E-state index in [-0.39, 0.29) is 10.6 Å². The van der Waals surface area contributed by atoms with Gasteiger partial charge in [0.25, 0.3) is 10.0 Å². The van der Waals surface area contributed by atoms with E-state index in [2.05, 4.69) is 0 Å². The molecule has 0 unspecified atom stereocenters. The van der Waals surface area contributed by atoms with E-state index in [1.807, 2.05) is 0 Å². The zero-order valence-corrected chi connectivity index (χ0v) is 13.8. The molecule has 0 saturated carbocycles. The molecule has 2 aromatic carbocycles. The maximum Gasteiger partial charge on any atom is 0.265 e. The monoisotopic (exact) mass is 361 g/mol. The van der Waals surface area contributed by atoms with Gasteiger partial charge in [0, 0.05) is 19.4 Å². The van der Waals surface area contributed by atoms with Gasteiger partial charge in [0.1, 0.15) is 4.90 Å². The molecule has 0 heterocycles. The van der Waals surface area contributed by atoms with Crippen molar-refractivity contribution in [1.29, 1.82) is 0 Å². The second-order valence-corrected chi connectivity index (χ2v) is 8.71. The van der Waals surface area contributed by atoms with Crippen molar-refractivity contribution in [1.82, 2.24) is 0 Å². The Bertz CT molecular complexity index is 956. The van der Waals surface area contributed by atoms with Crippen molar-refractivity contribution in [3.05, 3.63) is 54.1 Å². The second kappa shape index (κ2) is 5.89. The first kappa shape index (κ1) is 17.4. The summed E-state index contributed by atoms with van der Waals surface area (Å²) >= 11 is 0. The first-order chi connectivity index (χ1) is 10.5. The number of halogens is 2. The largest absolute Gasteiger partial charge is 0.269 e. The molecule has 0 amide bonds. The van der Waals surface area contributed by atoms with Crippen molar-refractivity contribution in [3.63, 3.8) is 0 Å². The molecule has 5 nitrogen and oxygen atoms in total. The van der Waals surface area contributed by atoms with E-state index in [0.717, 1.165) is 37.6 Å². The van der Waals surface area contributed by atoms with Gasteiger partial charge in [-0.1, -0.05) is 12.1 Å². The fourth-order valence-electron chi connectivity index (χ4n) is 1.94. The molecule has 0 bridgehead atoms. The summed E-state index contributed by atoms with van der Waals surface area (Å²) < 4.78 is 75.8. The molecule has 0 aromatic heterocycles. The minimum absolute atomic E-state index is 0.132. The number of benzene rings is 2. The van der Waals surface area contributed by atoms with Gasteiger partial charge in [0.15, 0.2) is 21.5 Å². The molecular weight excluding hydrogens is 348 g/mol. The lowest BCUT2D eigenvalue weighted by Gasteiger charge is -2.21. The third-order valence-corrected chi connectivity index (χ3v) is 6.28. The highest BCUT2D eigenvalue weighted by atomic mass is 32.2. The van der Waals surface area contributed by atoms with Crippen LogP contribution in [0.3, 0.4) is 0 Å². The number of nitrogens with zero attached hydrogens (tertiary/aromatic N) is 1. The van der Waals surface area contributed by atoms with Crippen LogP contribution in [0.5, 0.6) is 0 Å². The molecule has 0 atom stereocenters. The molecule has 2 rings (SSSR count). The third kappa shape index (κ3) is 3.35. The van der Waals surface area contributed by atoms with Crippen LogP contribution in [0.1, 0.15) is 0 Å². The van der Waals surface area contributed by atoms with Gasteiger partial charge < -0.3 is 0 Å². The average Bonchev–Trinajstić information content (AvgIpc) is 2.48. The van der Waals surface area contributed by atoms with E-state index >= 15 is 0 Å². The topological polar surface area (TPSA) is 71.5 Å². The fourth-order valence-corrected chi connectivity index (χ4v) is 4.73. The third-order valence-electron chi connectivity index (χ3n) is 3.15. The SMILES string of the molecule is CN(c1ccc(F)c(F)c1)S(=O)(=O)c1ccccc1S(C)(=O)=O. The molecule has 0 fully saturated rings. The van der Waals surface area contributed by atoms with Crippen LogP contribution in [0.4, 0.5) is 14.5 Å². The molecule has 124 valence electrons. The van der Waals surface area contributed by atoms with Crippen molar-refractivity contribution in [3.8, 4) is 0 Å². The number of rotatable bonds is 4. The van der Waals surface area contributed by atoms with Gasteiger partial charge in [0.2, 0.25) is 0 Å². The lowest BCUT2D eigenvalue weighted by atomic mass is 10.3. The molecule has 0 aliphatic carbocycles. The Balaban J connectivity index is 2.61. The highest BCUT2D eigenvalue weighted by Crippen LogP contribution is 2.27. The summed E-state index contributed by atoms with van der Waals surface area (Å²) in [7, 11) is -6.93. The Morgan fingerprint density at radius 3 is 1.96 bits per heavy atom. The number of sulfonamides is 1. The molecule has 0 radical (unpaired) electrons. The zero-order valence-electron chi connectivity index (χ0n) is 12.2. The lowest BCUT2D eigenvalue weighted by Crippen LogP contribution is -2.28. The Morgan fingerprint density at radius 1 is 0.870 bits per heavy atom. The van der Waals surface area contributed by atoms with Crippen LogP contribution in [-0.4, -0.2) is 30.1 Å². The maximum atomic E-state index is 13.3. The molecule has 0 spiro atoms. The van der Waals surface area contributed by atoms with Gasteiger partial charge in [-0.25, -0.2) is 25.6 Å². The minimum atomic E-state index is -4.27. The van der Waals surface area contributed by atoms with E-state index in [0.29, 0.717) is 4.31 Å². The van der Waals surface area contributed by atoms with Crippen molar-refractivity contribution in [2.24, 2.45) is 0 Å². The van der Waals surface area contributed by atoms with E-state index in [1.165, 1.54) is 18.2 Å². The van der Waals surface area contributed by atoms with E-state index < -0.39 is 36.4 Å². The smallest absolute Gasteiger partial charge is 0.265 e. The summed E-state index contributed by atoms with van der Waals surface area (Å²) in [5.41, 5.74) is -0.132. The predicted octanol–water partition coefficient (Wildman–Crippen LogP) is 2.19. The van der Waals surface area contributed by atoms with Crippen LogP contribution in [0.25, 0.3) is 0 Å². The van der Waals surface area contributed by atoms with E-state index in [1.54, 1.807) is 0 Å². The van der Waals surface area contributed by atoms with Crippen LogP contribution in [0.2, 0.25) is 0 Å². The molecule has 2 aromatic rings. The van der Waals surface area contributed by atoms with Gasteiger partial charge >= 0.3 is 0 Å². The standard InChI is InChI=1S/C14H13F2NO4S2/c1-17(10-7-8-11(15)12(16)9-10)23(20,21)14-6-4-3-5-13(14)22(2,18)19/h3-9H,1-2H3. The Morgan fingerprint density at radius 2 is 1.43 bits per heavy atom. The lowest BCUT2D eigenvalue weighted by molar-refractivity contribution is 0.509. The normalized spacial score (nSPS) is 12.2. The highest BCUT2D eigenvalue weighted by Gasteiger charge is 2.28. The molecule has 0 aliphatic rings. The summed E-state index contributed by atoms with van der Waals surface area (Å²) in [5.74, 6) is -2.32. The number of hydrogen-bond acceptors (Lipinski definition) is 4. The van der Waals surface area contributed by atoms with Crippen molar-refractivity contribution in [2.45, 2.75) is 9.79 Å². The number of sulfone groups is 1. The quantitative estimate of drug-likeness (QED) is 0.837. The van der Waals surface area contributed by atoms with E-state index in [9.17, 15) is 25.6 Å².